The number of likely N-dealkylation sites (tertiary alicyclic amines) is 1. The van der Waals surface area contributed by atoms with Crippen molar-refractivity contribution in [1.29, 1.82) is 0 Å². The molecule has 1 heterocycles. The second-order valence-electron chi connectivity index (χ2n) is 6.21. The molecule has 8 heteroatoms. The molecule has 2 N–H and O–H groups in total. The van der Waals surface area contributed by atoms with Crippen LogP contribution in [0.4, 0.5) is 0 Å². The van der Waals surface area contributed by atoms with E-state index in [0.717, 1.165) is 24.2 Å². The van der Waals surface area contributed by atoms with Gasteiger partial charge in [-0.1, -0.05) is 57.2 Å². The maximum atomic E-state index is 12.2. The molecular weight excluding hydrogens is 367 g/mol. The number of halogens is 2. The molecule has 0 aliphatic carbocycles. The number of carbonyl (C=O) groups is 3. The first-order valence-electron chi connectivity index (χ1n) is 8.57. The molecule has 6 nitrogen and oxygen atoms in total. The van der Waals surface area contributed by atoms with E-state index in [4.69, 9.17) is 23.2 Å². The predicted octanol–water partition coefficient (Wildman–Crippen LogP) is 2.88. The average molecular weight is 393 g/mol. The Bertz CT molecular complexity index is 513. The fourth-order valence-corrected chi connectivity index (χ4v) is 3.28. The van der Waals surface area contributed by atoms with E-state index in [0.29, 0.717) is 6.42 Å². The maximum Gasteiger partial charge on any atom is 0.330 e. The molecule has 0 saturated carbocycles. The monoisotopic (exact) mass is 392 g/mol. The van der Waals surface area contributed by atoms with Gasteiger partial charge >= 0.3 is 5.97 Å². The van der Waals surface area contributed by atoms with Crippen LogP contribution in [0, 0.1) is 0 Å². The molecule has 142 valence electrons. The zero-order valence-electron chi connectivity index (χ0n) is 14.5. The number of aliphatic carboxylic acids is 1. The molecule has 0 aromatic rings. The molecule has 0 aromatic carbocycles. The summed E-state index contributed by atoms with van der Waals surface area (Å²) in [7, 11) is 0. The number of rotatable bonds is 12. The Morgan fingerprint density at radius 3 is 2.40 bits per heavy atom. The fourth-order valence-electron chi connectivity index (χ4n) is 2.75. The molecular formula is C17H26Cl2N2O4. The van der Waals surface area contributed by atoms with E-state index in [1.165, 1.54) is 19.3 Å². The summed E-state index contributed by atoms with van der Waals surface area (Å²) in [6.45, 7) is 5.72. The SMILES string of the molecule is C=C(CCl)C(C(=O)O)N1C(=O)C(NC(=O)CCCCCCCC)C1Cl. The van der Waals surface area contributed by atoms with E-state index in [1.54, 1.807) is 0 Å². The first-order chi connectivity index (χ1) is 11.8. The summed E-state index contributed by atoms with van der Waals surface area (Å²) in [5, 5.41) is 11.8. The van der Waals surface area contributed by atoms with Gasteiger partial charge < -0.3 is 15.3 Å². The molecule has 3 unspecified atom stereocenters. The van der Waals surface area contributed by atoms with Gasteiger partial charge in [-0.3, -0.25) is 9.59 Å². The highest BCUT2D eigenvalue weighted by atomic mass is 35.5. The third-order valence-corrected chi connectivity index (χ3v) is 5.01. The van der Waals surface area contributed by atoms with Gasteiger partial charge in [0.05, 0.1) is 0 Å². The van der Waals surface area contributed by atoms with Crippen LogP contribution in [0.25, 0.3) is 0 Å². The minimum atomic E-state index is -1.28. The molecule has 1 rings (SSSR count). The Labute approximate surface area is 158 Å². The molecule has 25 heavy (non-hydrogen) atoms. The highest BCUT2D eigenvalue weighted by Gasteiger charge is 2.52. The lowest BCUT2D eigenvalue weighted by molar-refractivity contribution is -0.160. The number of hydrogen-bond donors (Lipinski definition) is 2. The van der Waals surface area contributed by atoms with Crippen molar-refractivity contribution >= 4 is 41.0 Å². The topological polar surface area (TPSA) is 86.7 Å². The molecule has 2 amide bonds. The standard InChI is InChI=1S/C17H26Cl2N2O4/c1-3-4-5-6-7-8-9-12(22)20-13-15(19)21(16(13)23)14(17(24)25)11(2)10-18/h13-15H,2-10H2,1H3,(H,20,22)(H,24,25). The molecule has 1 aliphatic rings. The van der Waals surface area contributed by atoms with Crippen LogP contribution >= 0.6 is 23.2 Å². The van der Waals surface area contributed by atoms with Crippen molar-refractivity contribution in [1.82, 2.24) is 10.2 Å². The number of amides is 2. The van der Waals surface area contributed by atoms with Crippen molar-refractivity contribution in [2.75, 3.05) is 5.88 Å². The van der Waals surface area contributed by atoms with Gasteiger partial charge in [-0.25, -0.2) is 4.79 Å². The van der Waals surface area contributed by atoms with E-state index < -0.39 is 29.5 Å². The smallest absolute Gasteiger partial charge is 0.330 e. The molecule has 0 aromatic heterocycles. The minimum absolute atomic E-state index is 0.0978. The molecule has 0 spiro atoms. The van der Waals surface area contributed by atoms with E-state index >= 15 is 0 Å². The van der Waals surface area contributed by atoms with Crippen LogP contribution in [-0.2, 0) is 14.4 Å². The fraction of sp³-hybridized carbons (Fsp3) is 0.706. The summed E-state index contributed by atoms with van der Waals surface area (Å²) in [5.41, 5.74) is -0.757. The summed E-state index contributed by atoms with van der Waals surface area (Å²) in [5.74, 6) is -2.13. The number of nitrogens with one attached hydrogen (secondary N) is 1. The van der Waals surface area contributed by atoms with Crippen molar-refractivity contribution in [3.05, 3.63) is 12.2 Å². The maximum absolute atomic E-state index is 12.2. The van der Waals surface area contributed by atoms with Crippen molar-refractivity contribution < 1.29 is 19.5 Å². The highest BCUT2D eigenvalue weighted by Crippen LogP contribution is 2.29. The van der Waals surface area contributed by atoms with Crippen molar-refractivity contribution in [2.24, 2.45) is 0 Å². The van der Waals surface area contributed by atoms with Gasteiger partial charge in [0.2, 0.25) is 5.91 Å². The van der Waals surface area contributed by atoms with Gasteiger partial charge in [0.25, 0.3) is 5.91 Å². The van der Waals surface area contributed by atoms with Crippen LogP contribution in [0.2, 0.25) is 0 Å². The Kier molecular flexibility index (Phi) is 9.28. The van der Waals surface area contributed by atoms with E-state index in [2.05, 4.69) is 18.8 Å². The van der Waals surface area contributed by atoms with Gasteiger partial charge in [-0.15, -0.1) is 11.6 Å². The van der Waals surface area contributed by atoms with Gasteiger partial charge in [-0.05, 0) is 12.0 Å². The van der Waals surface area contributed by atoms with E-state index in [1.807, 2.05) is 0 Å². The quantitative estimate of drug-likeness (QED) is 0.176. The summed E-state index contributed by atoms with van der Waals surface area (Å²) >= 11 is 11.7. The molecule has 0 bridgehead atoms. The number of carboxylic acid groups (broad SMARTS) is 1. The third-order valence-electron chi connectivity index (χ3n) is 4.21. The minimum Gasteiger partial charge on any atom is -0.479 e. The Morgan fingerprint density at radius 2 is 1.88 bits per heavy atom. The lowest BCUT2D eigenvalue weighted by atomic mass is 9.99. The molecule has 3 atom stereocenters. The van der Waals surface area contributed by atoms with E-state index in [-0.39, 0.29) is 17.4 Å². The number of nitrogens with zero attached hydrogens (tertiary/aromatic N) is 1. The number of alkyl halides is 2. The van der Waals surface area contributed by atoms with Gasteiger partial charge in [0, 0.05) is 12.3 Å². The second-order valence-corrected chi connectivity index (χ2v) is 6.93. The summed E-state index contributed by atoms with van der Waals surface area (Å²) in [6, 6.07) is -2.18. The Balaban J connectivity index is 2.44. The van der Waals surface area contributed by atoms with Crippen molar-refractivity contribution in [2.45, 2.75) is 69.5 Å². The molecule has 1 aliphatic heterocycles. The lowest BCUT2D eigenvalue weighted by Crippen LogP contribution is -2.72. The first kappa shape index (κ1) is 21.8. The van der Waals surface area contributed by atoms with Gasteiger partial charge in [0.15, 0.2) is 6.04 Å². The average Bonchev–Trinajstić information content (AvgIpc) is 2.59. The zero-order chi connectivity index (χ0) is 19.0. The molecule has 1 saturated heterocycles. The number of β-lactam (4-membered cyclic amide) rings is 1. The number of unbranched alkanes of at least 4 members (excludes halogenated alkanes) is 5. The van der Waals surface area contributed by atoms with Crippen LogP contribution in [0.5, 0.6) is 0 Å². The molecule has 0 radical (unpaired) electrons. The third kappa shape index (κ3) is 5.89. The highest BCUT2D eigenvalue weighted by molar-refractivity contribution is 6.27. The van der Waals surface area contributed by atoms with Crippen molar-refractivity contribution in [3.63, 3.8) is 0 Å². The lowest BCUT2D eigenvalue weighted by Gasteiger charge is -2.46. The summed E-state index contributed by atoms with van der Waals surface area (Å²) in [4.78, 5) is 36.5. The summed E-state index contributed by atoms with van der Waals surface area (Å²) in [6.07, 6.45) is 6.69. The normalized spacial score (nSPS) is 20.8. The van der Waals surface area contributed by atoms with Crippen LogP contribution in [0.1, 0.15) is 51.9 Å². The van der Waals surface area contributed by atoms with Crippen LogP contribution < -0.4 is 5.32 Å². The summed E-state index contributed by atoms with van der Waals surface area (Å²) < 4.78 is 0. The van der Waals surface area contributed by atoms with Crippen LogP contribution in [0.15, 0.2) is 12.2 Å². The Hall–Kier alpha value is -1.27. The molecule has 1 fully saturated rings. The van der Waals surface area contributed by atoms with E-state index in [9.17, 15) is 19.5 Å². The van der Waals surface area contributed by atoms with Crippen molar-refractivity contribution in [3.8, 4) is 0 Å². The predicted molar refractivity (Wildman–Crippen MR) is 97.7 cm³/mol. The number of carbonyl (C=O) groups excluding carboxylic acids is 2. The van der Waals surface area contributed by atoms with Gasteiger partial charge in [0.1, 0.15) is 11.5 Å². The van der Waals surface area contributed by atoms with Crippen LogP contribution in [0.3, 0.4) is 0 Å². The number of carboxylic acids is 1. The number of hydrogen-bond acceptors (Lipinski definition) is 3. The Morgan fingerprint density at radius 1 is 1.28 bits per heavy atom. The van der Waals surface area contributed by atoms with Crippen LogP contribution in [-0.4, -0.2) is 51.3 Å². The largest absolute Gasteiger partial charge is 0.479 e. The van der Waals surface area contributed by atoms with Gasteiger partial charge in [-0.2, -0.15) is 0 Å². The zero-order valence-corrected chi connectivity index (χ0v) is 16.0. The first-order valence-corrected chi connectivity index (χ1v) is 9.54. The second kappa shape index (κ2) is 10.7.